The number of anilines is 1. The summed E-state index contributed by atoms with van der Waals surface area (Å²) in [5.41, 5.74) is 8.34. The Bertz CT molecular complexity index is 584. The van der Waals surface area contributed by atoms with Gasteiger partial charge in [-0.2, -0.15) is 0 Å². The van der Waals surface area contributed by atoms with E-state index in [4.69, 9.17) is 10.5 Å². The number of thioether (sulfide) groups is 1. The highest BCUT2D eigenvalue weighted by atomic mass is 32.2. The van der Waals surface area contributed by atoms with E-state index in [1.54, 1.807) is 16.3 Å². The minimum atomic E-state index is 0.118. The maximum absolute atomic E-state index is 5.86. The number of nitrogens with two attached hydrogens (primary N) is 1. The zero-order valence-corrected chi connectivity index (χ0v) is 11.6. The standard InChI is InChI=1S/C13H16N4OS/c1-17-12(14)15-16-13(17)19-8-11-10-5-3-2-4-9(10)6-7-18-11/h2-5,11H,6-8H2,1H3,(H2,14,15)/t11-/m1/s1. The zero-order valence-electron chi connectivity index (χ0n) is 10.7. The van der Waals surface area contributed by atoms with Crippen LogP contribution in [0.1, 0.15) is 17.2 Å². The van der Waals surface area contributed by atoms with Gasteiger partial charge in [-0.25, -0.2) is 0 Å². The van der Waals surface area contributed by atoms with Crippen molar-refractivity contribution in [2.24, 2.45) is 7.05 Å². The number of nitrogens with zero attached hydrogens (tertiary/aromatic N) is 3. The fraction of sp³-hybridized carbons (Fsp3) is 0.385. The molecule has 0 saturated heterocycles. The molecule has 0 fully saturated rings. The summed E-state index contributed by atoms with van der Waals surface area (Å²) in [6, 6.07) is 8.46. The van der Waals surface area contributed by atoms with E-state index in [-0.39, 0.29) is 6.10 Å². The van der Waals surface area contributed by atoms with E-state index in [1.807, 2.05) is 7.05 Å². The minimum Gasteiger partial charge on any atom is -0.372 e. The number of hydrogen-bond acceptors (Lipinski definition) is 5. The van der Waals surface area contributed by atoms with Crippen molar-refractivity contribution in [1.82, 2.24) is 14.8 Å². The maximum Gasteiger partial charge on any atom is 0.222 e. The summed E-state index contributed by atoms with van der Waals surface area (Å²) >= 11 is 1.62. The van der Waals surface area contributed by atoms with E-state index >= 15 is 0 Å². The molecule has 2 N–H and O–H groups in total. The van der Waals surface area contributed by atoms with Crippen molar-refractivity contribution >= 4 is 17.7 Å². The topological polar surface area (TPSA) is 66.0 Å². The van der Waals surface area contributed by atoms with E-state index in [2.05, 4.69) is 34.5 Å². The summed E-state index contributed by atoms with van der Waals surface area (Å²) in [5, 5.41) is 8.73. The van der Waals surface area contributed by atoms with Crippen LogP contribution in [0.25, 0.3) is 0 Å². The molecule has 0 unspecified atom stereocenters. The molecule has 0 radical (unpaired) electrons. The van der Waals surface area contributed by atoms with Crippen LogP contribution in [0.15, 0.2) is 29.4 Å². The van der Waals surface area contributed by atoms with Crippen LogP contribution in [0, 0.1) is 0 Å². The second-order valence-electron chi connectivity index (χ2n) is 4.52. The normalized spacial score (nSPS) is 18.3. The highest BCUT2D eigenvalue weighted by molar-refractivity contribution is 7.99. The third kappa shape index (κ3) is 2.46. The van der Waals surface area contributed by atoms with Gasteiger partial charge >= 0.3 is 0 Å². The molecule has 0 aliphatic carbocycles. The SMILES string of the molecule is Cn1c(N)nnc1SC[C@H]1OCCc2ccccc21. The second-order valence-corrected chi connectivity index (χ2v) is 5.51. The molecular formula is C13H16N4OS. The lowest BCUT2D eigenvalue weighted by Crippen LogP contribution is -2.18. The molecule has 0 spiro atoms. The van der Waals surface area contributed by atoms with E-state index in [9.17, 15) is 0 Å². The van der Waals surface area contributed by atoms with Crippen molar-refractivity contribution in [2.45, 2.75) is 17.7 Å². The Balaban J connectivity index is 1.73. The van der Waals surface area contributed by atoms with Crippen molar-refractivity contribution in [3.05, 3.63) is 35.4 Å². The van der Waals surface area contributed by atoms with Crippen molar-refractivity contribution in [2.75, 3.05) is 18.1 Å². The first-order valence-electron chi connectivity index (χ1n) is 6.23. The highest BCUT2D eigenvalue weighted by Gasteiger charge is 2.21. The van der Waals surface area contributed by atoms with Crippen molar-refractivity contribution in [3.63, 3.8) is 0 Å². The smallest absolute Gasteiger partial charge is 0.222 e. The Hall–Kier alpha value is -1.53. The molecule has 19 heavy (non-hydrogen) atoms. The number of ether oxygens (including phenoxy) is 1. The Morgan fingerprint density at radius 3 is 3.05 bits per heavy atom. The first-order valence-corrected chi connectivity index (χ1v) is 7.21. The maximum atomic E-state index is 5.86. The van der Waals surface area contributed by atoms with Gasteiger partial charge in [-0.3, -0.25) is 4.57 Å². The van der Waals surface area contributed by atoms with Crippen LogP contribution < -0.4 is 5.73 Å². The summed E-state index contributed by atoms with van der Waals surface area (Å²) in [4.78, 5) is 0. The number of nitrogen functional groups attached to an aromatic ring is 1. The molecule has 2 heterocycles. The predicted octanol–water partition coefficient (Wildman–Crippen LogP) is 1.80. The molecular weight excluding hydrogens is 260 g/mol. The molecule has 3 rings (SSSR count). The Morgan fingerprint density at radius 2 is 2.26 bits per heavy atom. The van der Waals surface area contributed by atoms with Crippen LogP contribution in [0.3, 0.4) is 0 Å². The van der Waals surface area contributed by atoms with Crippen LogP contribution in [-0.2, 0) is 18.2 Å². The van der Waals surface area contributed by atoms with Gasteiger partial charge < -0.3 is 10.5 Å². The van der Waals surface area contributed by atoms with Gasteiger partial charge in [0.05, 0.1) is 12.7 Å². The van der Waals surface area contributed by atoms with Crippen molar-refractivity contribution < 1.29 is 4.74 Å². The van der Waals surface area contributed by atoms with Gasteiger partial charge in [0.25, 0.3) is 0 Å². The molecule has 1 aliphatic rings. The first kappa shape index (κ1) is 12.5. The van der Waals surface area contributed by atoms with Crippen LogP contribution in [0.4, 0.5) is 5.95 Å². The van der Waals surface area contributed by atoms with Gasteiger partial charge in [0.1, 0.15) is 0 Å². The van der Waals surface area contributed by atoms with E-state index in [1.165, 1.54) is 11.1 Å². The van der Waals surface area contributed by atoms with Crippen molar-refractivity contribution in [3.8, 4) is 0 Å². The monoisotopic (exact) mass is 276 g/mol. The Morgan fingerprint density at radius 1 is 1.42 bits per heavy atom. The van der Waals surface area contributed by atoms with Crippen LogP contribution in [0.2, 0.25) is 0 Å². The Kier molecular flexibility index (Phi) is 3.44. The molecule has 0 saturated carbocycles. The average Bonchev–Trinajstić information content (AvgIpc) is 2.76. The third-order valence-corrected chi connectivity index (χ3v) is 4.41. The van der Waals surface area contributed by atoms with E-state index < -0.39 is 0 Å². The molecule has 100 valence electrons. The number of fused-ring (bicyclic) bond motifs is 1. The fourth-order valence-corrected chi connectivity index (χ4v) is 3.18. The highest BCUT2D eigenvalue weighted by Crippen LogP contribution is 2.31. The second kappa shape index (κ2) is 5.22. The van der Waals surface area contributed by atoms with Crippen LogP contribution in [-0.4, -0.2) is 27.1 Å². The molecule has 5 nitrogen and oxygen atoms in total. The van der Waals surface area contributed by atoms with E-state index in [0.717, 1.165) is 23.9 Å². The summed E-state index contributed by atoms with van der Waals surface area (Å²) in [7, 11) is 1.87. The molecule has 1 aromatic heterocycles. The first-order chi connectivity index (χ1) is 9.25. The molecule has 6 heteroatoms. The van der Waals surface area contributed by atoms with E-state index in [0.29, 0.717) is 5.95 Å². The summed E-state index contributed by atoms with van der Waals surface area (Å²) < 4.78 is 7.65. The van der Waals surface area contributed by atoms with Crippen LogP contribution >= 0.6 is 11.8 Å². The quantitative estimate of drug-likeness (QED) is 0.866. The lowest BCUT2D eigenvalue weighted by molar-refractivity contribution is 0.0587. The Labute approximate surface area is 116 Å². The lowest BCUT2D eigenvalue weighted by Gasteiger charge is -2.25. The van der Waals surface area contributed by atoms with Gasteiger partial charge in [-0.1, -0.05) is 36.0 Å². The van der Waals surface area contributed by atoms with Gasteiger partial charge in [-0.15, -0.1) is 10.2 Å². The molecule has 0 amide bonds. The molecule has 1 aliphatic heterocycles. The number of rotatable bonds is 3. The number of hydrogen-bond donors (Lipinski definition) is 1. The average molecular weight is 276 g/mol. The zero-order chi connectivity index (χ0) is 13.2. The van der Waals surface area contributed by atoms with Gasteiger partial charge in [0, 0.05) is 12.8 Å². The lowest BCUT2D eigenvalue weighted by atomic mass is 9.99. The molecule has 0 bridgehead atoms. The molecule has 1 aromatic carbocycles. The summed E-state index contributed by atoms with van der Waals surface area (Å²) in [6.07, 6.45) is 1.11. The number of benzene rings is 1. The third-order valence-electron chi connectivity index (χ3n) is 3.32. The summed E-state index contributed by atoms with van der Waals surface area (Å²) in [5.74, 6) is 1.26. The van der Waals surface area contributed by atoms with Crippen LogP contribution in [0.5, 0.6) is 0 Å². The molecule has 1 atom stereocenters. The van der Waals surface area contributed by atoms with Gasteiger partial charge in [0.15, 0.2) is 5.16 Å². The largest absolute Gasteiger partial charge is 0.372 e. The van der Waals surface area contributed by atoms with Gasteiger partial charge in [-0.05, 0) is 17.5 Å². The molecule has 2 aromatic rings. The minimum absolute atomic E-state index is 0.118. The van der Waals surface area contributed by atoms with Crippen molar-refractivity contribution in [1.29, 1.82) is 0 Å². The predicted molar refractivity (Wildman–Crippen MR) is 75.0 cm³/mol. The number of aromatic nitrogens is 3. The fourth-order valence-electron chi connectivity index (χ4n) is 2.22. The summed E-state index contributed by atoms with van der Waals surface area (Å²) in [6.45, 7) is 0.781. The van der Waals surface area contributed by atoms with Gasteiger partial charge in [0.2, 0.25) is 5.95 Å².